The van der Waals surface area contributed by atoms with E-state index in [-0.39, 0.29) is 0 Å². The fourth-order valence-electron chi connectivity index (χ4n) is 2.39. The van der Waals surface area contributed by atoms with Crippen molar-refractivity contribution in [3.63, 3.8) is 0 Å². The third kappa shape index (κ3) is 3.28. The van der Waals surface area contributed by atoms with Gasteiger partial charge in [0.25, 0.3) is 0 Å². The predicted molar refractivity (Wildman–Crippen MR) is 65.0 cm³/mol. The maximum atomic E-state index is 4.09. The summed E-state index contributed by atoms with van der Waals surface area (Å²) in [7, 11) is 0. The molecule has 1 aromatic rings. The third-order valence-corrected chi connectivity index (χ3v) is 4.22. The van der Waals surface area contributed by atoms with Crippen molar-refractivity contribution in [3.8, 4) is 0 Å². The Morgan fingerprint density at radius 1 is 1.47 bits per heavy atom. The van der Waals surface area contributed by atoms with Gasteiger partial charge in [-0.3, -0.25) is 4.98 Å². The van der Waals surface area contributed by atoms with Gasteiger partial charge in [-0.1, -0.05) is 19.3 Å². The van der Waals surface area contributed by atoms with E-state index in [1.54, 1.807) is 11.3 Å². The molecule has 1 saturated carbocycles. The SMILES string of the molecule is C[C@@H](NCc1cncs1)C1CCCCC1. The zero-order valence-corrected chi connectivity index (χ0v) is 10.2. The van der Waals surface area contributed by atoms with Crippen molar-refractivity contribution < 1.29 is 0 Å². The molecule has 0 spiro atoms. The lowest BCUT2D eigenvalue weighted by Crippen LogP contribution is -2.33. The van der Waals surface area contributed by atoms with Crippen LogP contribution in [-0.2, 0) is 6.54 Å². The lowest BCUT2D eigenvalue weighted by Gasteiger charge is -2.28. The number of hydrogen-bond donors (Lipinski definition) is 1. The minimum atomic E-state index is 0.660. The minimum absolute atomic E-state index is 0.660. The molecule has 3 heteroatoms. The molecule has 1 aromatic heterocycles. The van der Waals surface area contributed by atoms with Crippen LogP contribution in [0.1, 0.15) is 43.9 Å². The smallest absolute Gasteiger partial charge is 0.0794 e. The summed E-state index contributed by atoms with van der Waals surface area (Å²) in [6.07, 6.45) is 9.09. The van der Waals surface area contributed by atoms with Gasteiger partial charge in [-0.2, -0.15) is 0 Å². The summed E-state index contributed by atoms with van der Waals surface area (Å²) in [6, 6.07) is 0.660. The van der Waals surface area contributed by atoms with Gasteiger partial charge in [0.15, 0.2) is 0 Å². The van der Waals surface area contributed by atoms with E-state index in [1.165, 1.54) is 37.0 Å². The normalized spacial score (nSPS) is 20.3. The van der Waals surface area contributed by atoms with Crippen molar-refractivity contribution in [2.45, 2.75) is 51.6 Å². The van der Waals surface area contributed by atoms with Crippen LogP contribution in [0.3, 0.4) is 0 Å². The first-order chi connectivity index (χ1) is 7.36. The van der Waals surface area contributed by atoms with Crippen LogP contribution in [0.4, 0.5) is 0 Å². The summed E-state index contributed by atoms with van der Waals surface area (Å²) >= 11 is 1.74. The zero-order valence-electron chi connectivity index (χ0n) is 9.41. The highest BCUT2D eigenvalue weighted by molar-refractivity contribution is 7.09. The van der Waals surface area contributed by atoms with Gasteiger partial charge >= 0.3 is 0 Å². The Morgan fingerprint density at radius 3 is 2.93 bits per heavy atom. The molecule has 0 bridgehead atoms. The van der Waals surface area contributed by atoms with E-state index in [9.17, 15) is 0 Å². The van der Waals surface area contributed by atoms with Gasteiger partial charge in [0, 0.05) is 23.7 Å². The number of thiazole rings is 1. The molecular weight excluding hydrogens is 204 g/mol. The first-order valence-corrected chi connectivity index (χ1v) is 6.85. The highest BCUT2D eigenvalue weighted by atomic mass is 32.1. The zero-order chi connectivity index (χ0) is 10.5. The van der Waals surface area contributed by atoms with Crippen LogP contribution in [0.2, 0.25) is 0 Å². The first-order valence-electron chi connectivity index (χ1n) is 5.97. The van der Waals surface area contributed by atoms with E-state index in [0.29, 0.717) is 6.04 Å². The van der Waals surface area contributed by atoms with Gasteiger partial charge in [0.1, 0.15) is 0 Å². The standard InChI is InChI=1S/C12H20N2S/c1-10(11-5-3-2-4-6-11)14-8-12-7-13-9-15-12/h7,9-11,14H,2-6,8H2,1H3/t10-/m1/s1. The van der Waals surface area contributed by atoms with Gasteiger partial charge in [-0.15, -0.1) is 11.3 Å². The fourth-order valence-corrected chi connectivity index (χ4v) is 2.94. The van der Waals surface area contributed by atoms with Crippen molar-refractivity contribution in [2.75, 3.05) is 0 Å². The van der Waals surface area contributed by atoms with Crippen molar-refractivity contribution in [1.82, 2.24) is 10.3 Å². The van der Waals surface area contributed by atoms with Gasteiger partial charge < -0.3 is 5.32 Å². The molecule has 1 aliphatic rings. The molecule has 0 aliphatic heterocycles. The van der Waals surface area contributed by atoms with E-state index in [0.717, 1.165) is 12.5 Å². The summed E-state index contributed by atoms with van der Waals surface area (Å²) < 4.78 is 0. The average molecular weight is 224 g/mol. The number of rotatable bonds is 4. The quantitative estimate of drug-likeness (QED) is 0.849. The number of aromatic nitrogens is 1. The Bertz CT molecular complexity index is 265. The van der Waals surface area contributed by atoms with Crippen LogP contribution in [-0.4, -0.2) is 11.0 Å². The lowest BCUT2D eigenvalue weighted by atomic mass is 9.84. The van der Waals surface area contributed by atoms with Crippen LogP contribution in [0.25, 0.3) is 0 Å². The molecule has 1 fully saturated rings. The molecule has 0 aromatic carbocycles. The molecule has 0 unspecified atom stereocenters. The van der Waals surface area contributed by atoms with Crippen LogP contribution >= 0.6 is 11.3 Å². The Labute approximate surface area is 96.1 Å². The van der Waals surface area contributed by atoms with Crippen molar-refractivity contribution in [3.05, 3.63) is 16.6 Å². The summed E-state index contributed by atoms with van der Waals surface area (Å²) in [5.74, 6) is 0.895. The first kappa shape index (κ1) is 11.1. The lowest BCUT2D eigenvalue weighted by molar-refractivity contribution is 0.281. The molecule has 0 amide bonds. The van der Waals surface area contributed by atoms with Crippen LogP contribution in [0, 0.1) is 5.92 Å². The van der Waals surface area contributed by atoms with Crippen molar-refractivity contribution in [2.24, 2.45) is 5.92 Å². The Morgan fingerprint density at radius 2 is 2.27 bits per heavy atom. The molecule has 0 radical (unpaired) electrons. The molecule has 0 saturated heterocycles. The van der Waals surface area contributed by atoms with Gasteiger partial charge in [0.05, 0.1) is 5.51 Å². The van der Waals surface area contributed by atoms with Gasteiger partial charge in [0.2, 0.25) is 0 Å². The van der Waals surface area contributed by atoms with E-state index >= 15 is 0 Å². The highest BCUT2D eigenvalue weighted by Gasteiger charge is 2.19. The molecule has 1 atom stereocenters. The molecule has 2 rings (SSSR count). The predicted octanol–water partition coefficient (Wildman–Crippen LogP) is 3.20. The van der Waals surface area contributed by atoms with E-state index in [2.05, 4.69) is 17.2 Å². The maximum absolute atomic E-state index is 4.09. The van der Waals surface area contributed by atoms with Crippen molar-refractivity contribution in [1.29, 1.82) is 0 Å². The topological polar surface area (TPSA) is 24.9 Å². The number of nitrogens with zero attached hydrogens (tertiary/aromatic N) is 1. The minimum Gasteiger partial charge on any atom is -0.309 e. The summed E-state index contributed by atoms with van der Waals surface area (Å²) in [5.41, 5.74) is 1.91. The Balaban J connectivity index is 1.74. The van der Waals surface area contributed by atoms with Crippen molar-refractivity contribution >= 4 is 11.3 Å². The van der Waals surface area contributed by atoms with E-state index < -0.39 is 0 Å². The number of nitrogens with one attached hydrogen (secondary N) is 1. The average Bonchev–Trinajstić information content (AvgIpc) is 2.80. The van der Waals surface area contributed by atoms with Crippen LogP contribution < -0.4 is 5.32 Å². The van der Waals surface area contributed by atoms with E-state index in [4.69, 9.17) is 0 Å². The summed E-state index contributed by atoms with van der Waals surface area (Å²) in [5, 5.41) is 3.63. The second kappa shape index (κ2) is 5.61. The van der Waals surface area contributed by atoms with Crippen LogP contribution in [0.5, 0.6) is 0 Å². The summed E-state index contributed by atoms with van der Waals surface area (Å²) in [4.78, 5) is 5.44. The van der Waals surface area contributed by atoms with Gasteiger partial charge in [-0.25, -0.2) is 0 Å². The van der Waals surface area contributed by atoms with Crippen LogP contribution in [0.15, 0.2) is 11.7 Å². The molecular formula is C12H20N2S. The third-order valence-electron chi connectivity index (χ3n) is 3.44. The largest absolute Gasteiger partial charge is 0.309 e. The highest BCUT2D eigenvalue weighted by Crippen LogP contribution is 2.26. The fraction of sp³-hybridized carbons (Fsp3) is 0.750. The molecule has 2 nitrogen and oxygen atoms in total. The Kier molecular flexibility index (Phi) is 4.15. The molecule has 84 valence electrons. The molecule has 1 N–H and O–H groups in total. The molecule has 15 heavy (non-hydrogen) atoms. The summed E-state index contributed by atoms with van der Waals surface area (Å²) in [6.45, 7) is 3.32. The molecule has 1 aliphatic carbocycles. The monoisotopic (exact) mass is 224 g/mol. The molecule has 1 heterocycles. The van der Waals surface area contributed by atoms with E-state index in [1.807, 2.05) is 11.7 Å². The second-order valence-corrected chi connectivity index (χ2v) is 5.51. The maximum Gasteiger partial charge on any atom is 0.0794 e. The second-order valence-electron chi connectivity index (χ2n) is 4.54. The Hall–Kier alpha value is -0.410. The van der Waals surface area contributed by atoms with Gasteiger partial charge in [-0.05, 0) is 25.7 Å². The number of hydrogen-bond acceptors (Lipinski definition) is 3.